The minimum atomic E-state index is -0.736. The molecule has 1 saturated heterocycles. The molecule has 4 unspecified atom stereocenters. The van der Waals surface area contributed by atoms with Crippen molar-refractivity contribution in [3.63, 3.8) is 0 Å². The summed E-state index contributed by atoms with van der Waals surface area (Å²) in [7, 11) is 5.35. The molecular formula is C38H32Br2N4O6. The number of aromatic hydroxyl groups is 1. The Labute approximate surface area is 305 Å². The molecule has 7 rings (SSSR count). The number of amides is 2. The number of nitrogens with zero attached hydrogens (tertiary/aromatic N) is 4. The summed E-state index contributed by atoms with van der Waals surface area (Å²) in [6.45, 7) is 1.62. The Kier molecular flexibility index (Phi) is 8.72. The molecule has 3 aromatic rings. The van der Waals surface area contributed by atoms with Crippen molar-refractivity contribution >= 4 is 78.0 Å². The third-order valence-corrected chi connectivity index (χ3v) is 12.2. The first kappa shape index (κ1) is 33.8. The molecule has 50 heavy (non-hydrogen) atoms. The number of carbonyl (C=O) groups excluding carboxylic acids is 4. The molecule has 254 valence electrons. The van der Waals surface area contributed by atoms with Crippen molar-refractivity contribution in [3.8, 4) is 11.5 Å². The maximum absolute atomic E-state index is 14.3. The largest absolute Gasteiger partial charge is 0.503 e. The van der Waals surface area contributed by atoms with Crippen LogP contribution < -0.4 is 14.5 Å². The number of ketones is 2. The average molecular weight is 801 g/mol. The third-order valence-electron chi connectivity index (χ3n) is 10.0. The van der Waals surface area contributed by atoms with Gasteiger partial charge in [-0.15, -0.1) is 0 Å². The van der Waals surface area contributed by atoms with Gasteiger partial charge >= 0.3 is 0 Å². The maximum Gasteiger partial charge on any atom is 0.238 e. The maximum atomic E-state index is 14.3. The monoisotopic (exact) mass is 798 g/mol. The number of ether oxygens (including phenoxy) is 1. The lowest BCUT2D eigenvalue weighted by molar-refractivity contribution is -0.123. The van der Waals surface area contributed by atoms with Crippen LogP contribution in [-0.2, 0) is 19.2 Å². The van der Waals surface area contributed by atoms with Gasteiger partial charge in [-0.3, -0.25) is 24.1 Å². The molecule has 0 bridgehead atoms. The molecule has 10 nitrogen and oxygen atoms in total. The highest BCUT2D eigenvalue weighted by Crippen LogP contribution is 2.58. The first-order chi connectivity index (χ1) is 23.9. The minimum absolute atomic E-state index is 0.122. The molecule has 0 spiro atoms. The summed E-state index contributed by atoms with van der Waals surface area (Å²) >= 11 is 7.04. The number of fused-ring (bicyclic) bond motifs is 3. The molecule has 4 aliphatic rings. The van der Waals surface area contributed by atoms with E-state index >= 15 is 0 Å². The number of allylic oxidation sites excluding steroid dienone is 6. The normalized spacial score (nSPS) is 23.1. The molecule has 1 aliphatic heterocycles. The van der Waals surface area contributed by atoms with Crippen LogP contribution in [0, 0.1) is 17.8 Å². The molecule has 2 amide bonds. The van der Waals surface area contributed by atoms with Crippen molar-refractivity contribution in [2.45, 2.75) is 25.7 Å². The Morgan fingerprint density at radius 3 is 2.16 bits per heavy atom. The van der Waals surface area contributed by atoms with Gasteiger partial charge in [0.05, 0.1) is 40.5 Å². The van der Waals surface area contributed by atoms with Gasteiger partial charge < -0.3 is 14.7 Å². The highest BCUT2D eigenvalue weighted by atomic mass is 79.9. The fourth-order valence-corrected chi connectivity index (χ4v) is 8.51. The SMILES string of the molecule is COc1cc(C2C3=CCC4C(=O)N(c5ccc(N=Nc6ccc(N(C)C)cc6)cc5)C(=O)C4C3CC3=C2C(=O)C(C)=CC3=O)c(Br)c(Br)c1O. The fraction of sp³-hybridized carbons (Fsp3) is 0.263. The molecule has 3 aromatic carbocycles. The molecule has 12 heteroatoms. The summed E-state index contributed by atoms with van der Waals surface area (Å²) in [5, 5.41) is 19.3. The van der Waals surface area contributed by atoms with Crippen LogP contribution in [0.5, 0.6) is 11.5 Å². The number of phenols is 1. The van der Waals surface area contributed by atoms with Gasteiger partial charge in [0.25, 0.3) is 0 Å². The van der Waals surface area contributed by atoms with E-state index in [1.165, 1.54) is 18.1 Å². The molecule has 0 aromatic heterocycles. The van der Waals surface area contributed by atoms with Crippen molar-refractivity contribution in [2.24, 2.45) is 28.0 Å². The quantitative estimate of drug-likeness (QED) is 0.116. The van der Waals surface area contributed by atoms with Gasteiger partial charge in [0, 0.05) is 46.9 Å². The van der Waals surface area contributed by atoms with E-state index in [1.54, 1.807) is 37.3 Å². The first-order valence-electron chi connectivity index (χ1n) is 16.0. The predicted octanol–water partition coefficient (Wildman–Crippen LogP) is 8.04. The van der Waals surface area contributed by atoms with Crippen LogP contribution in [0.1, 0.15) is 31.2 Å². The second-order valence-corrected chi connectivity index (χ2v) is 14.6. The van der Waals surface area contributed by atoms with E-state index in [0.717, 1.165) is 11.3 Å². The zero-order valence-electron chi connectivity index (χ0n) is 27.6. The number of hydrogen-bond donors (Lipinski definition) is 1. The predicted molar refractivity (Wildman–Crippen MR) is 195 cm³/mol. The Hall–Kier alpha value is -4.68. The van der Waals surface area contributed by atoms with Gasteiger partial charge in [0.1, 0.15) is 0 Å². The van der Waals surface area contributed by atoms with Crippen molar-refractivity contribution in [1.82, 2.24) is 0 Å². The molecule has 1 heterocycles. The van der Waals surface area contributed by atoms with E-state index in [4.69, 9.17) is 4.74 Å². The summed E-state index contributed by atoms with van der Waals surface area (Å²) in [4.78, 5) is 58.8. The Morgan fingerprint density at radius 1 is 0.900 bits per heavy atom. The van der Waals surface area contributed by atoms with Crippen LogP contribution in [0.3, 0.4) is 0 Å². The van der Waals surface area contributed by atoms with Gasteiger partial charge in [0.2, 0.25) is 11.8 Å². The number of hydrogen-bond acceptors (Lipinski definition) is 9. The van der Waals surface area contributed by atoms with Crippen LogP contribution in [0.25, 0.3) is 0 Å². The second kappa shape index (κ2) is 12.9. The molecule has 3 aliphatic carbocycles. The summed E-state index contributed by atoms with van der Waals surface area (Å²) in [5.74, 6) is -3.72. The average Bonchev–Trinajstić information content (AvgIpc) is 3.37. The standard InChI is InChI=1S/C38H32Br2N4O6/c1-18-15-28(45)26-16-25-23(30(32(26)35(18)46)27-17-29(50-4)36(47)34(40)33(27)39)13-14-24-31(25)38(49)44(37(24)48)22-11-7-20(8-12-22)42-41-19-5-9-21(10-6-19)43(2)3/h5-13,15,17,24-25,30-31,47H,14,16H2,1-4H3. The molecule has 0 radical (unpaired) electrons. The summed E-state index contributed by atoms with van der Waals surface area (Å²) in [6, 6.07) is 16.1. The number of Topliss-reactive ketones (excluding diaryl/α,β-unsaturated/α-hetero) is 1. The molecule has 0 saturated carbocycles. The number of phenolic OH excluding ortho intramolecular Hbond substituents is 1. The van der Waals surface area contributed by atoms with E-state index in [-0.39, 0.29) is 41.3 Å². The third kappa shape index (κ3) is 5.45. The number of carbonyl (C=O) groups is 4. The Bertz CT molecular complexity index is 2120. The van der Waals surface area contributed by atoms with Gasteiger partial charge in [0.15, 0.2) is 23.1 Å². The number of benzene rings is 3. The fourth-order valence-electron chi connectivity index (χ4n) is 7.55. The second-order valence-electron chi connectivity index (χ2n) is 13.0. The summed E-state index contributed by atoms with van der Waals surface area (Å²) in [6.07, 6.45) is 3.75. The summed E-state index contributed by atoms with van der Waals surface area (Å²) < 4.78 is 6.27. The van der Waals surface area contributed by atoms with Gasteiger partial charge in [-0.25, -0.2) is 0 Å². The zero-order chi connectivity index (χ0) is 35.6. The molecule has 1 N–H and O–H groups in total. The molecule has 4 atom stereocenters. The van der Waals surface area contributed by atoms with E-state index in [2.05, 4.69) is 42.1 Å². The van der Waals surface area contributed by atoms with E-state index < -0.39 is 23.7 Å². The number of anilines is 2. The van der Waals surface area contributed by atoms with Crippen LogP contribution >= 0.6 is 31.9 Å². The van der Waals surface area contributed by atoms with Gasteiger partial charge in [-0.05, 0) is 124 Å². The number of imide groups is 1. The topological polar surface area (TPSA) is 129 Å². The highest BCUT2D eigenvalue weighted by Gasteiger charge is 2.57. The van der Waals surface area contributed by atoms with Crippen LogP contribution in [0.15, 0.2) is 108 Å². The van der Waals surface area contributed by atoms with Gasteiger partial charge in [-0.2, -0.15) is 10.2 Å². The van der Waals surface area contributed by atoms with Gasteiger partial charge in [-0.1, -0.05) is 11.6 Å². The summed E-state index contributed by atoms with van der Waals surface area (Å²) in [5.41, 5.74) is 5.13. The molecule has 1 fully saturated rings. The van der Waals surface area contributed by atoms with E-state index in [1.807, 2.05) is 49.3 Å². The lowest BCUT2D eigenvalue weighted by atomic mass is 9.59. The smallest absolute Gasteiger partial charge is 0.238 e. The Morgan fingerprint density at radius 2 is 1.54 bits per heavy atom. The lowest BCUT2D eigenvalue weighted by Gasteiger charge is -2.42. The number of rotatable bonds is 6. The van der Waals surface area contributed by atoms with Crippen molar-refractivity contribution < 1.29 is 29.0 Å². The van der Waals surface area contributed by atoms with Crippen molar-refractivity contribution in [2.75, 3.05) is 31.0 Å². The first-order valence-corrected chi connectivity index (χ1v) is 17.6. The Balaban J connectivity index is 1.23. The van der Waals surface area contributed by atoms with E-state index in [0.29, 0.717) is 54.7 Å². The number of methoxy groups -OCH3 is 1. The highest BCUT2D eigenvalue weighted by molar-refractivity contribution is 9.13. The minimum Gasteiger partial charge on any atom is -0.503 e. The van der Waals surface area contributed by atoms with Crippen LogP contribution in [0.4, 0.5) is 22.7 Å². The van der Waals surface area contributed by atoms with Crippen LogP contribution in [-0.4, -0.2) is 49.7 Å². The zero-order valence-corrected chi connectivity index (χ0v) is 30.8. The lowest BCUT2D eigenvalue weighted by Crippen LogP contribution is -2.40. The number of halogens is 2. The van der Waals surface area contributed by atoms with Crippen LogP contribution in [0.2, 0.25) is 0 Å². The van der Waals surface area contributed by atoms with E-state index in [9.17, 15) is 24.3 Å². The molecular weight excluding hydrogens is 768 g/mol. The van der Waals surface area contributed by atoms with Crippen molar-refractivity contribution in [3.05, 3.63) is 104 Å². The number of azo groups is 1. The van der Waals surface area contributed by atoms with Crippen molar-refractivity contribution in [1.29, 1.82) is 0 Å².